The van der Waals surface area contributed by atoms with E-state index in [0.29, 0.717) is 11.1 Å². The molecule has 1 rings (SSSR count). The molecule has 0 aliphatic carbocycles. The number of hydrogen-bond donors (Lipinski definition) is 2. The Kier molecular flexibility index (Phi) is 2.93. The lowest BCUT2D eigenvalue weighted by molar-refractivity contribution is -0.136. The van der Waals surface area contributed by atoms with Gasteiger partial charge >= 0.3 is 5.97 Å². The molecule has 13 heavy (non-hydrogen) atoms. The minimum Gasteiger partial charge on any atom is -0.480 e. The number of aliphatic carboxylic acids is 1. The van der Waals surface area contributed by atoms with Gasteiger partial charge in [0.1, 0.15) is 5.25 Å². The molecule has 0 amide bonds. The summed E-state index contributed by atoms with van der Waals surface area (Å²) in [6, 6.07) is 8.45. The van der Waals surface area contributed by atoms with E-state index in [9.17, 15) is 4.79 Å². The Hall–Kier alpha value is -1.47. The van der Waals surface area contributed by atoms with Crippen molar-refractivity contribution in [1.82, 2.24) is 0 Å². The minimum absolute atomic E-state index is 0.352. The van der Waals surface area contributed by atoms with Crippen LogP contribution >= 0.6 is 12.6 Å². The molecule has 0 saturated carbocycles. The van der Waals surface area contributed by atoms with Crippen LogP contribution in [0.3, 0.4) is 0 Å². The summed E-state index contributed by atoms with van der Waals surface area (Å²) >= 11 is 3.89. The van der Waals surface area contributed by atoms with Crippen LogP contribution in [-0.4, -0.2) is 11.1 Å². The van der Waals surface area contributed by atoms with Gasteiger partial charge < -0.3 is 5.11 Å². The van der Waals surface area contributed by atoms with Gasteiger partial charge in [0.25, 0.3) is 0 Å². The summed E-state index contributed by atoms with van der Waals surface area (Å²) in [7, 11) is 0. The van der Waals surface area contributed by atoms with Crippen molar-refractivity contribution in [3.8, 4) is 6.07 Å². The molecule has 1 aromatic carbocycles. The van der Waals surface area contributed by atoms with E-state index in [1.807, 2.05) is 6.07 Å². The summed E-state index contributed by atoms with van der Waals surface area (Å²) in [5.41, 5.74) is 0.783. The first kappa shape index (κ1) is 9.62. The fraction of sp³-hybridized carbons (Fsp3) is 0.111. The molecule has 0 bridgehead atoms. The molecule has 3 nitrogen and oxygen atoms in total. The van der Waals surface area contributed by atoms with Gasteiger partial charge in [-0.15, -0.1) is 0 Å². The fourth-order valence-corrected chi connectivity index (χ4v) is 1.20. The standard InChI is InChI=1S/C9H7NO2S/c10-5-6-3-1-2-4-7(6)8(13)9(11)12/h1-4,8,13H,(H,11,12). The Morgan fingerprint density at radius 2 is 2.15 bits per heavy atom. The highest BCUT2D eigenvalue weighted by atomic mass is 32.1. The van der Waals surface area contributed by atoms with Crippen LogP contribution in [-0.2, 0) is 4.79 Å². The van der Waals surface area contributed by atoms with Crippen LogP contribution in [0, 0.1) is 11.3 Å². The second-order valence-electron chi connectivity index (χ2n) is 2.44. The Balaban J connectivity index is 3.15. The van der Waals surface area contributed by atoms with E-state index >= 15 is 0 Å². The van der Waals surface area contributed by atoms with Crippen LogP contribution in [0.25, 0.3) is 0 Å². The SMILES string of the molecule is N#Cc1ccccc1C(S)C(=O)O. The fourth-order valence-electron chi connectivity index (χ4n) is 0.970. The van der Waals surface area contributed by atoms with Crippen LogP contribution in [0.2, 0.25) is 0 Å². The molecular formula is C9H7NO2S. The Morgan fingerprint density at radius 1 is 1.54 bits per heavy atom. The van der Waals surface area contributed by atoms with Gasteiger partial charge in [0.05, 0.1) is 11.6 Å². The summed E-state index contributed by atoms with van der Waals surface area (Å²) in [5, 5.41) is 16.4. The molecule has 1 N–H and O–H groups in total. The van der Waals surface area contributed by atoms with Crippen LogP contribution in [0.15, 0.2) is 24.3 Å². The van der Waals surface area contributed by atoms with Gasteiger partial charge in [0.2, 0.25) is 0 Å². The third kappa shape index (κ3) is 2.01. The zero-order chi connectivity index (χ0) is 9.84. The van der Waals surface area contributed by atoms with Gasteiger partial charge in [-0.25, -0.2) is 0 Å². The molecule has 0 fully saturated rings. The van der Waals surface area contributed by atoms with Crippen molar-refractivity contribution in [2.75, 3.05) is 0 Å². The molecule has 0 aliphatic heterocycles. The molecule has 0 radical (unpaired) electrons. The van der Waals surface area contributed by atoms with Crippen LogP contribution in [0.4, 0.5) is 0 Å². The third-order valence-corrected chi connectivity index (χ3v) is 2.11. The predicted molar refractivity (Wildman–Crippen MR) is 50.5 cm³/mol. The van der Waals surface area contributed by atoms with Gasteiger partial charge in [-0.2, -0.15) is 17.9 Å². The zero-order valence-corrected chi connectivity index (χ0v) is 7.53. The van der Waals surface area contributed by atoms with E-state index < -0.39 is 11.2 Å². The Morgan fingerprint density at radius 3 is 2.69 bits per heavy atom. The van der Waals surface area contributed by atoms with E-state index in [1.54, 1.807) is 24.3 Å². The van der Waals surface area contributed by atoms with Crippen molar-refractivity contribution in [1.29, 1.82) is 5.26 Å². The number of carbonyl (C=O) groups is 1. The first-order valence-corrected chi connectivity index (χ1v) is 4.08. The maximum atomic E-state index is 10.6. The highest BCUT2D eigenvalue weighted by Crippen LogP contribution is 2.22. The second-order valence-corrected chi connectivity index (χ2v) is 2.96. The van der Waals surface area contributed by atoms with Gasteiger partial charge in [-0.05, 0) is 11.6 Å². The number of carboxylic acids is 1. The first-order chi connectivity index (χ1) is 6.16. The average Bonchev–Trinajstić information content (AvgIpc) is 2.16. The van der Waals surface area contributed by atoms with Gasteiger partial charge in [0, 0.05) is 0 Å². The van der Waals surface area contributed by atoms with Gasteiger partial charge in [-0.3, -0.25) is 4.79 Å². The number of nitrogens with zero attached hydrogens (tertiary/aromatic N) is 1. The number of nitriles is 1. The second kappa shape index (κ2) is 3.97. The summed E-state index contributed by atoms with van der Waals surface area (Å²) in [6.07, 6.45) is 0. The zero-order valence-electron chi connectivity index (χ0n) is 6.64. The molecule has 4 heteroatoms. The number of thiol groups is 1. The van der Waals surface area contributed by atoms with E-state index in [-0.39, 0.29) is 0 Å². The molecule has 0 aromatic heterocycles. The molecule has 0 saturated heterocycles. The third-order valence-electron chi connectivity index (χ3n) is 1.61. The summed E-state index contributed by atoms with van der Waals surface area (Å²) < 4.78 is 0. The molecule has 0 aliphatic rings. The van der Waals surface area contributed by atoms with Crippen LogP contribution < -0.4 is 0 Å². The van der Waals surface area contributed by atoms with E-state index in [1.165, 1.54) is 0 Å². The number of rotatable bonds is 2. The van der Waals surface area contributed by atoms with E-state index in [4.69, 9.17) is 10.4 Å². The van der Waals surface area contributed by atoms with Crippen LogP contribution in [0.1, 0.15) is 16.4 Å². The van der Waals surface area contributed by atoms with Gasteiger partial charge in [-0.1, -0.05) is 18.2 Å². The Bertz CT molecular complexity index is 370. The molecule has 1 aromatic rings. The van der Waals surface area contributed by atoms with Crippen molar-refractivity contribution >= 4 is 18.6 Å². The quantitative estimate of drug-likeness (QED) is 0.701. The first-order valence-electron chi connectivity index (χ1n) is 3.56. The lowest BCUT2D eigenvalue weighted by Crippen LogP contribution is -2.06. The molecule has 66 valence electrons. The van der Waals surface area contributed by atoms with Crippen molar-refractivity contribution in [2.24, 2.45) is 0 Å². The highest BCUT2D eigenvalue weighted by molar-refractivity contribution is 7.81. The molecule has 1 atom stereocenters. The van der Waals surface area contributed by atoms with Crippen LogP contribution in [0.5, 0.6) is 0 Å². The molecular weight excluding hydrogens is 186 g/mol. The lowest BCUT2D eigenvalue weighted by Gasteiger charge is -2.06. The van der Waals surface area contributed by atoms with Crippen molar-refractivity contribution < 1.29 is 9.90 Å². The van der Waals surface area contributed by atoms with Crippen molar-refractivity contribution in [3.05, 3.63) is 35.4 Å². The van der Waals surface area contributed by atoms with Crippen molar-refractivity contribution in [2.45, 2.75) is 5.25 Å². The topological polar surface area (TPSA) is 61.1 Å². The molecule has 1 unspecified atom stereocenters. The molecule has 0 spiro atoms. The lowest BCUT2D eigenvalue weighted by atomic mass is 10.1. The average molecular weight is 193 g/mol. The normalized spacial score (nSPS) is 11.7. The number of carboxylic acid groups (broad SMARTS) is 1. The summed E-state index contributed by atoms with van der Waals surface area (Å²) in [4.78, 5) is 10.6. The predicted octanol–water partition coefficient (Wildman–Crippen LogP) is 1.61. The Labute approximate surface area is 81.0 Å². The number of benzene rings is 1. The summed E-state index contributed by atoms with van der Waals surface area (Å²) in [6.45, 7) is 0. The smallest absolute Gasteiger partial charge is 0.320 e. The van der Waals surface area contributed by atoms with E-state index in [0.717, 1.165) is 0 Å². The van der Waals surface area contributed by atoms with Gasteiger partial charge in [0.15, 0.2) is 0 Å². The maximum Gasteiger partial charge on any atom is 0.320 e. The number of hydrogen-bond acceptors (Lipinski definition) is 3. The minimum atomic E-state index is -1.05. The largest absolute Gasteiger partial charge is 0.480 e. The summed E-state index contributed by atoms with van der Waals surface area (Å²) in [5.74, 6) is -1.05. The monoisotopic (exact) mass is 193 g/mol. The molecule has 0 heterocycles. The maximum absolute atomic E-state index is 10.6. The highest BCUT2D eigenvalue weighted by Gasteiger charge is 2.17. The van der Waals surface area contributed by atoms with E-state index in [2.05, 4.69) is 12.6 Å². The van der Waals surface area contributed by atoms with Crippen molar-refractivity contribution in [3.63, 3.8) is 0 Å².